The number of hydrogen-bond donors (Lipinski definition) is 1. The molecule has 6 nitrogen and oxygen atoms in total. The molecule has 1 aliphatic heterocycles. The molecular formula is C24H29N5O. The average molecular weight is 404 g/mol. The van der Waals surface area contributed by atoms with Gasteiger partial charge in [-0.2, -0.15) is 0 Å². The van der Waals surface area contributed by atoms with Gasteiger partial charge in [0.05, 0.1) is 5.52 Å². The van der Waals surface area contributed by atoms with Crippen molar-refractivity contribution in [3.63, 3.8) is 0 Å². The molecule has 4 rings (SSSR count). The molecule has 0 saturated carbocycles. The first-order chi connectivity index (χ1) is 14.4. The van der Waals surface area contributed by atoms with Crippen LogP contribution in [0.15, 0.2) is 49.1 Å². The maximum atomic E-state index is 13.2. The van der Waals surface area contributed by atoms with Crippen molar-refractivity contribution in [3.8, 4) is 11.1 Å². The summed E-state index contributed by atoms with van der Waals surface area (Å²) in [6, 6.07) is 7.57. The van der Waals surface area contributed by atoms with Crippen LogP contribution < -0.4 is 5.32 Å². The van der Waals surface area contributed by atoms with Gasteiger partial charge in [0.2, 0.25) is 0 Å². The zero-order valence-corrected chi connectivity index (χ0v) is 17.9. The standard InChI is InChI=1S/C24H29N5O/c1-17-5-4-12-29(15-17)16-24(2,3)28-23(30)22-13-19(18-6-9-25-10-7-18)20-14-26-11-8-21(20)27-22/h6-11,13-14,17H,4-5,12,15-16H2,1-3H3,(H,28,30)/t17-/m1/s1. The van der Waals surface area contributed by atoms with Crippen molar-refractivity contribution < 1.29 is 4.79 Å². The van der Waals surface area contributed by atoms with Gasteiger partial charge in [-0.15, -0.1) is 0 Å². The zero-order valence-electron chi connectivity index (χ0n) is 17.9. The molecule has 3 aromatic heterocycles. The first-order valence-electron chi connectivity index (χ1n) is 10.6. The maximum Gasteiger partial charge on any atom is 0.270 e. The molecule has 0 bridgehead atoms. The minimum atomic E-state index is -0.347. The average Bonchev–Trinajstić information content (AvgIpc) is 2.73. The Morgan fingerprint density at radius 3 is 2.73 bits per heavy atom. The Kier molecular flexibility index (Phi) is 5.77. The normalized spacial score (nSPS) is 17.8. The summed E-state index contributed by atoms with van der Waals surface area (Å²) in [6.45, 7) is 9.48. The molecule has 156 valence electrons. The Bertz CT molecular complexity index is 1030. The van der Waals surface area contributed by atoms with Crippen LogP contribution in [0.5, 0.6) is 0 Å². The molecule has 1 aliphatic rings. The van der Waals surface area contributed by atoms with Crippen molar-refractivity contribution in [2.24, 2.45) is 5.92 Å². The monoisotopic (exact) mass is 403 g/mol. The lowest BCUT2D eigenvalue weighted by Gasteiger charge is -2.37. The maximum absolute atomic E-state index is 13.2. The van der Waals surface area contributed by atoms with Crippen LogP contribution in [-0.2, 0) is 0 Å². The lowest BCUT2D eigenvalue weighted by atomic mass is 9.97. The number of carbonyl (C=O) groups excluding carboxylic acids is 1. The van der Waals surface area contributed by atoms with E-state index in [9.17, 15) is 4.79 Å². The van der Waals surface area contributed by atoms with Crippen LogP contribution in [0.1, 0.15) is 44.1 Å². The summed E-state index contributed by atoms with van der Waals surface area (Å²) in [5.41, 5.74) is 2.75. The number of piperidine rings is 1. The highest BCUT2D eigenvalue weighted by Gasteiger charge is 2.27. The van der Waals surface area contributed by atoms with E-state index in [2.05, 4.69) is 45.9 Å². The number of carbonyl (C=O) groups is 1. The molecule has 6 heteroatoms. The molecule has 0 spiro atoms. The fourth-order valence-corrected chi connectivity index (χ4v) is 4.36. The molecule has 3 aromatic rings. The minimum Gasteiger partial charge on any atom is -0.345 e. The summed E-state index contributed by atoms with van der Waals surface area (Å²) < 4.78 is 0. The van der Waals surface area contributed by atoms with Gasteiger partial charge in [-0.3, -0.25) is 14.8 Å². The number of pyridine rings is 3. The lowest BCUT2D eigenvalue weighted by molar-refractivity contribution is 0.0858. The Morgan fingerprint density at radius 2 is 1.97 bits per heavy atom. The zero-order chi connectivity index (χ0) is 21.1. The van der Waals surface area contributed by atoms with Gasteiger partial charge in [0, 0.05) is 48.8 Å². The van der Waals surface area contributed by atoms with Crippen molar-refractivity contribution in [3.05, 3.63) is 54.7 Å². The second-order valence-electron chi connectivity index (χ2n) is 9.00. The third kappa shape index (κ3) is 4.65. The van der Waals surface area contributed by atoms with Gasteiger partial charge in [0.1, 0.15) is 5.69 Å². The highest BCUT2D eigenvalue weighted by Crippen LogP contribution is 2.28. The second-order valence-corrected chi connectivity index (χ2v) is 9.00. The highest BCUT2D eigenvalue weighted by molar-refractivity contribution is 6.01. The van der Waals surface area contributed by atoms with Crippen LogP contribution in [0.25, 0.3) is 22.0 Å². The predicted molar refractivity (Wildman–Crippen MR) is 119 cm³/mol. The molecular weight excluding hydrogens is 374 g/mol. The van der Waals surface area contributed by atoms with Crippen molar-refractivity contribution in [2.45, 2.75) is 39.2 Å². The molecule has 1 saturated heterocycles. The van der Waals surface area contributed by atoms with Crippen molar-refractivity contribution in [1.82, 2.24) is 25.2 Å². The van der Waals surface area contributed by atoms with Crippen molar-refractivity contribution in [1.29, 1.82) is 0 Å². The second kappa shape index (κ2) is 8.48. The highest BCUT2D eigenvalue weighted by atomic mass is 16.2. The van der Waals surface area contributed by atoms with Crippen LogP contribution in [0.4, 0.5) is 0 Å². The Balaban J connectivity index is 1.60. The van der Waals surface area contributed by atoms with Gasteiger partial charge < -0.3 is 10.2 Å². The van der Waals surface area contributed by atoms with E-state index in [1.165, 1.54) is 12.8 Å². The van der Waals surface area contributed by atoms with E-state index in [-0.39, 0.29) is 11.4 Å². The topological polar surface area (TPSA) is 71.0 Å². The fraction of sp³-hybridized carbons (Fsp3) is 0.417. The van der Waals surface area contributed by atoms with Crippen LogP contribution in [0.3, 0.4) is 0 Å². The first-order valence-corrected chi connectivity index (χ1v) is 10.6. The number of likely N-dealkylation sites (tertiary alicyclic amines) is 1. The van der Waals surface area contributed by atoms with Crippen LogP contribution in [-0.4, -0.2) is 50.9 Å². The fourth-order valence-electron chi connectivity index (χ4n) is 4.36. The van der Waals surface area contributed by atoms with Crippen molar-refractivity contribution in [2.75, 3.05) is 19.6 Å². The number of nitrogens with zero attached hydrogens (tertiary/aromatic N) is 4. The molecule has 0 radical (unpaired) electrons. The summed E-state index contributed by atoms with van der Waals surface area (Å²) >= 11 is 0. The summed E-state index contributed by atoms with van der Waals surface area (Å²) in [5.74, 6) is 0.558. The van der Waals surface area contributed by atoms with E-state index in [0.29, 0.717) is 11.6 Å². The quantitative estimate of drug-likeness (QED) is 0.699. The lowest BCUT2D eigenvalue weighted by Crippen LogP contribution is -2.53. The largest absolute Gasteiger partial charge is 0.345 e. The number of aromatic nitrogens is 3. The smallest absolute Gasteiger partial charge is 0.270 e. The minimum absolute atomic E-state index is 0.154. The molecule has 1 N–H and O–H groups in total. The molecule has 30 heavy (non-hydrogen) atoms. The SMILES string of the molecule is C[C@@H]1CCCN(CC(C)(C)NC(=O)c2cc(-c3ccncc3)c3cnccc3n2)C1. The summed E-state index contributed by atoms with van der Waals surface area (Å²) in [6.07, 6.45) is 9.51. The number of hydrogen-bond acceptors (Lipinski definition) is 5. The summed E-state index contributed by atoms with van der Waals surface area (Å²) in [4.78, 5) is 28.6. The number of nitrogens with one attached hydrogen (secondary N) is 1. The summed E-state index contributed by atoms with van der Waals surface area (Å²) in [7, 11) is 0. The van der Waals surface area contributed by atoms with E-state index in [0.717, 1.165) is 41.7 Å². The van der Waals surface area contributed by atoms with E-state index in [1.54, 1.807) is 24.8 Å². The van der Waals surface area contributed by atoms with E-state index in [1.807, 2.05) is 24.3 Å². The van der Waals surface area contributed by atoms with E-state index < -0.39 is 0 Å². The Hall–Kier alpha value is -2.86. The first kappa shape index (κ1) is 20.4. The third-order valence-electron chi connectivity index (χ3n) is 5.65. The molecule has 1 amide bonds. The molecule has 4 heterocycles. The predicted octanol–water partition coefficient (Wildman–Crippen LogP) is 3.93. The van der Waals surface area contributed by atoms with E-state index in [4.69, 9.17) is 0 Å². The molecule has 1 atom stereocenters. The van der Waals surface area contributed by atoms with Gasteiger partial charge in [0.25, 0.3) is 5.91 Å². The van der Waals surface area contributed by atoms with E-state index >= 15 is 0 Å². The Morgan fingerprint density at radius 1 is 1.20 bits per heavy atom. The molecule has 0 unspecified atom stereocenters. The van der Waals surface area contributed by atoms with Gasteiger partial charge in [-0.25, -0.2) is 4.98 Å². The van der Waals surface area contributed by atoms with Crippen LogP contribution in [0.2, 0.25) is 0 Å². The van der Waals surface area contributed by atoms with Crippen LogP contribution in [0, 0.1) is 5.92 Å². The number of fused-ring (bicyclic) bond motifs is 1. The Labute approximate surface area is 177 Å². The van der Waals surface area contributed by atoms with Gasteiger partial charge in [0.15, 0.2) is 0 Å². The van der Waals surface area contributed by atoms with Crippen LogP contribution >= 0.6 is 0 Å². The summed E-state index contributed by atoms with van der Waals surface area (Å²) in [5, 5.41) is 4.13. The molecule has 0 aliphatic carbocycles. The van der Waals surface area contributed by atoms with Gasteiger partial charge in [-0.05, 0) is 74.5 Å². The van der Waals surface area contributed by atoms with Gasteiger partial charge >= 0.3 is 0 Å². The third-order valence-corrected chi connectivity index (χ3v) is 5.65. The molecule has 0 aromatic carbocycles. The molecule has 1 fully saturated rings. The number of amides is 1. The van der Waals surface area contributed by atoms with Gasteiger partial charge in [-0.1, -0.05) is 6.92 Å². The number of rotatable bonds is 5. The van der Waals surface area contributed by atoms with Crippen molar-refractivity contribution >= 4 is 16.8 Å².